The summed E-state index contributed by atoms with van der Waals surface area (Å²) in [5.74, 6) is 0.386. The van der Waals surface area contributed by atoms with E-state index in [1.165, 1.54) is 24.3 Å². The lowest BCUT2D eigenvalue weighted by Crippen LogP contribution is -2.30. The van der Waals surface area contributed by atoms with Crippen molar-refractivity contribution in [1.29, 1.82) is 0 Å². The van der Waals surface area contributed by atoms with Gasteiger partial charge in [-0.2, -0.15) is 4.98 Å². The Labute approximate surface area is 180 Å². The Kier molecular flexibility index (Phi) is 4.89. The van der Waals surface area contributed by atoms with E-state index in [1.807, 2.05) is 18.2 Å². The van der Waals surface area contributed by atoms with Gasteiger partial charge in [0, 0.05) is 24.1 Å². The van der Waals surface area contributed by atoms with Gasteiger partial charge in [0.25, 0.3) is 5.89 Å². The smallest absolute Gasteiger partial charge is 0.406 e. The molecule has 2 aromatic carbocycles. The van der Waals surface area contributed by atoms with E-state index in [1.54, 1.807) is 4.90 Å². The Morgan fingerprint density at radius 3 is 2.66 bits per heavy atom. The fraction of sp³-hybridized carbons (Fsp3) is 0.318. The Bertz CT molecular complexity index is 1160. The van der Waals surface area contributed by atoms with Crippen molar-refractivity contribution in [2.75, 3.05) is 13.2 Å². The number of benzene rings is 2. The number of rotatable bonds is 5. The lowest BCUT2D eigenvalue weighted by Gasteiger charge is -2.24. The molecule has 1 aromatic heterocycles. The van der Waals surface area contributed by atoms with Crippen LogP contribution in [0.5, 0.6) is 5.75 Å². The van der Waals surface area contributed by atoms with Gasteiger partial charge in [0.05, 0.1) is 12.6 Å². The number of alkyl halides is 3. The highest BCUT2D eigenvalue weighted by Gasteiger charge is 2.46. The minimum absolute atomic E-state index is 0.0462. The maximum atomic E-state index is 12.3. The van der Waals surface area contributed by atoms with Crippen LogP contribution < -0.4 is 4.74 Å². The molecule has 0 bridgehead atoms. The molecule has 1 N–H and O–H groups in total. The van der Waals surface area contributed by atoms with Crippen molar-refractivity contribution in [3.63, 3.8) is 0 Å². The molecule has 1 aliphatic carbocycles. The molecule has 1 aliphatic heterocycles. The zero-order valence-electron chi connectivity index (χ0n) is 16.7. The lowest BCUT2D eigenvalue weighted by atomic mass is 10.0. The second kappa shape index (κ2) is 7.63. The summed E-state index contributed by atoms with van der Waals surface area (Å²) in [5.41, 5.74) is 3.31. The third-order valence-electron chi connectivity index (χ3n) is 5.88. The molecule has 10 heteroatoms. The van der Waals surface area contributed by atoms with Crippen molar-refractivity contribution in [2.45, 2.75) is 25.2 Å². The minimum atomic E-state index is -4.76. The molecule has 1 saturated heterocycles. The number of likely N-dealkylation sites (tertiary alicyclic amines) is 1. The van der Waals surface area contributed by atoms with Crippen LogP contribution in [0.15, 0.2) is 47.0 Å². The van der Waals surface area contributed by atoms with E-state index < -0.39 is 6.36 Å². The Morgan fingerprint density at radius 2 is 1.94 bits per heavy atom. The summed E-state index contributed by atoms with van der Waals surface area (Å²) in [6.45, 7) is 0.203. The summed E-state index contributed by atoms with van der Waals surface area (Å²) in [5, 5.41) is 13.4. The molecule has 5 rings (SSSR count). The molecular weight excluding hydrogens is 427 g/mol. The van der Waals surface area contributed by atoms with Gasteiger partial charge in [-0.15, -0.1) is 13.2 Å². The fourth-order valence-electron chi connectivity index (χ4n) is 4.67. The van der Waals surface area contributed by atoms with Gasteiger partial charge >= 0.3 is 6.36 Å². The Hall–Kier alpha value is -3.40. The van der Waals surface area contributed by atoms with E-state index in [2.05, 4.69) is 14.9 Å². The molecule has 0 unspecified atom stereocenters. The van der Waals surface area contributed by atoms with Gasteiger partial charge in [-0.1, -0.05) is 23.4 Å². The number of amides is 1. The number of hydrogen-bond donors (Lipinski definition) is 1. The minimum Gasteiger partial charge on any atom is -0.406 e. The highest BCUT2D eigenvalue weighted by Crippen LogP contribution is 2.49. The number of aliphatic hydroxyl groups excluding tert-OH is 1. The van der Waals surface area contributed by atoms with E-state index in [-0.39, 0.29) is 36.1 Å². The van der Waals surface area contributed by atoms with E-state index in [9.17, 15) is 23.1 Å². The van der Waals surface area contributed by atoms with Crippen molar-refractivity contribution in [2.24, 2.45) is 5.92 Å². The van der Waals surface area contributed by atoms with Gasteiger partial charge in [0.15, 0.2) is 0 Å². The number of aliphatic hydroxyl groups is 1. The molecule has 0 spiro atoms. The first-order chi connectivity index (χ1) is 15.3. The maximum absolute atomic E-state index is 12.3. The van der Waals surface area contributed by atoms with E-state index in [0.29, 0.717) is 30.8 Å². The normalized spacial score (nSPS) is 19.9. The van der Waals surface area contributed by atoms with Crippen molar-refractivity contribution < 1.29 is 32.3 Å². The number of nitrogens with zero attached hydrogens (tertiary/aromatic N) is 3. The molecule has 3 aromatic rings. The molecule has 2 atom stereocenters. The maximum Gasteiger partial charge on any atom is 0.573 e. The summed E-state index contributed by atoms with van der Waals surface area (Å²) in [4.78, 5) is 18.5. The average molecular weight is 445 g/mol. The van der Waals surface area contributed by atoms with Crippen molar-refractivity contribution >= 4 is 5.91 Å². The predicted molar refractivity (Wildman–Crippen MR) is 105 cm³/mol. The Morgan fingerprint density at radius 1 is 1.16 bits per heavy atom. The summed E-state index contributed by atoms with van der Waals surface area (Å²) >= 11 is 0. The highest BCUT2D eigenvalue weighted by atomic mass is 19.4. The van der Waals surface area contributed by atoms with E-state index in [0.717, 1.165) is 16.7 Å². The number of aromatic nitrogens is 2. The largest absolute Gasteiger partial charge is 0.573 e. The van der Waals surface area contributed by atoms with Crippen molar-refractivity contribution in [3.05, 3.63) is 53.6 Å². The molecule has 1 amide bonds. The number of carbonyl (C=O) groups is 1. The molecule has 7 nitrogen and oxygen atoms in total. The number of carbonyl (C=O) groups excluding carboxylic acids is 1. The summed E-state index contributed by atoms with van der Waals surface area (Å²) in [6, 6.07) is 10.8. The van der Waals surface area contributed by atoms with Crippen molar-refractivity contribution in [1.82, 2.24) is 15.0 Å². The van der Waals surface area contributed by atoms with Gasteiger partial charge in [-0.05, 0) is 47.7 Å². The second-order valence-corrected chi connectivity index (χ2v) is 7.79. The molecule has 166 valence electrons. The Balaban J connectivity index is 1.43. The standard InChI is InChI=1S/C22H18F3N3O4/c23-22(24,25)31-14-6-4-12(5-7-14)21-26-20(27-32-21)16-3-1-2-15-17(16)10-13-11-18(30)28(8-9-29)19(13)15/h1-7,13,19,29H,8-11H2/t13-,19+/m0/s1. The predicted octanol–water partition coefficient (Wildman–Crippen LogP) is 3.74. The molecule has 0 saturated carbocycles. The summed E-state index contributed by atoms with van der Waals surface area (Å²) in [7, 11) is 0. The molecular formula is C22H18F3N3O4. The average Bonchev–Trinajstić information content (AvgIpc) is 3.43. The molecule has 2 aliphatic rings. The van der Waals surface area contributed by atoms with Crippen LogP contribution in [0.4, 0.5) is 13.2 Å². The van der Waals surface area contributed by atoms with Crippen LogP contribution in [0, 0.1) is 5.92 Å². The van der Waals surface area contributed by atoms with Crippen LogP contribution in [-0.4, -0.2) is 45.6 Å². The first kappa shape index (κ1) is 20.5. The number of ether oxygens (including phenoxy) is 1. The zero-order chi connectivity index (χ0) is 22.5. The van der Waals surface area contributed by atoms with Gasteiger partial charge < -0.3 is 19.3 Å². The number of halogens is 3. The third kappa shape index (κ3) is 3.60. The summed E-state index contributed by atoms with van der Waals surface area (Å²) in [6.07, 6.45) is -3.64. The third-order valence-corrected chi connectivity index (χ3v) is 5.88. The van der Waals surface area contributed by atoms with Gasteiger partial charge in [-0.3, -0.25) is 4.79 Å². The van der Waals surface area contributed by atoms with Crippen molar-refractivity contribution in [3.8, 4) is 28.6 Å². The fourth-order valence-corrected chi connectivity index (χ4v) is 4.67. The van der Waals surface area contributed by atoms with Crippen LogP contribution in [0.2, 0.25) is 0 Å². The first-order valence-electron chi connectivity index (χ1n) is 10.1. The van der Waals surface area contributed by atoms with Gasteiger partial charge in [0.1, 0.15) is 5.75 Å². The highest BCUT2D eigenvalue weighted by molar-refractivity contribution is 5.81. The van der Waals surface area contributed by atoms with E-state index in [4.69, 9.17) is 4.52 Å². The first-order valence-corrected chi connectivity index (χ1v) is 10.1. The van der Waals surface area contributed by atoms with Crippen LogP contribution in [0.1, 0.15) is 23.6 Å². The van der Waals surface area contributed by atoms with Gasteiger partial charge in [0.2, 0.25) is 11.7 Å². The topological polar surface area (TPSA) is 88.7 Å². The summed E-state index contributed by atoms with van der Waals surface area (Å²) < 4.78 is 46.3. The molecule has 32 heavy (non-hydrogen) atoms. The monoisotopic (exact) mass is 445 g/mol. The van der Waals surface area contributed by atoms with Crippen LogP contribution in [0.25, 0.3) is 22.8 Å². The zero-order valence-corrected chi connectivity index (χ0v) is 16.7. The second-order valence-electron chi connectivity index (χ2n) is 7.79. The molecule has 2 heterocycles. The SMILES string of the molecule is O=C1C[C@@H]2Cc3c(-c4noc(-c5ccc(OC(F)(F)F)cc5)n4)cccc3[C@@H]2N1CCO. The lowest BCUT2D eigenvalue weighted by molar-refractivity contribution is -0.274. The molecule has 1 fully saturated rings. The van der Waals surface area contributed by atoms with Gasteiger partial charge in [-0.25, -0.2) is 0 Å². The van der Waals surface area contributed by atoms with Crippen LogP contribution >= 0.6 is 0 Å². The quantitative estimate of drug-likeness (QED) is 0.644. The van der Waals surface area contributed by atoms with E-state index >= 15 is 0 Å². The van der Waals surface area contributed by atoms with Crippen LogP contribution in [-0.2, 0) is 11.2 Å². The number of β-amino-alcohol motifs (C(OH)–C–C–N with tert-alkyl or cyclic N) is 1. The number of hydrogen-bond acceptors (Lipinski definition) is 6. The van der Waals surface area contributed by atoms with Crippen LogP contribution in [0.3, 0.4) is 0 Å². The molecule has 0 radical (unpaired) electrons. The number of fused-ring (bicyclic) bond motifs is 3.